The van der Waals surface area contributed by atoms with Gasteiger partial charge < -0.3 is 14.8 Å². The van der Waals surface area contributed by atoms with Gasteiger partial charge in [0.25, 0.3) is 0 Å². The minimum atomic E-state index is -3.13. The number of fused-ring (bicyclic) bond motifs is 1. The lowest BCUT2D eigenvalue weighted by Gasteiger charge is -2.34. The highest BCUT2D eigenvalue weighted by atomic mass is 32.2. The first-order valence-electron chi connectivity index (χ1n) is 9.83. The van der Waals surface area contributed by atoms with Gasteiger partial charge in [-0.2, -0.15) is 0 Å². The van der Waals surface area contributed by atoms with Gasteiger partial charge in [-0.15, -0.1) is 0 Å². The van der Waals surface area contributed by atoms with Crippen molar-refractivity contribution in [1.29, 1.82) is 0 Å². The highest BCUT2D eigenvalue weighted by molar-refractivity contribution is 7.91. The zero-order chi connectivity index (χ0) is 19.6. The van der Waals surface area contributed by atoms with Gasteiger partial charge in [0.05, 0.1) is 17.5 Å². The third-order valence-corrected chi connectivity index (χ3v) is 7.22. The molecule has 2 atom stereocenters. The van der Waals surface area contributed by atoms with E-state index in [1.807, 2.05) is 18.2 Å². The summed E-state index contributed by atoms with van der Waals surface area (Å²) in [5, 5.41) is 2.91. The third kappa shape index (κ3) is 4.50. The standard InChI is InChI=1S/C20H26N2O5S/c23-20(7-5-15-4-6-18-19(12-15)27-11-10-26-18)21-16-13-28(24,25)14-17(16)22-8-2-1-3-9-22/h4-7,12,16-17H,1-3,8-11,13-14H2,(H,21,23)/b7-5+. The molecular formula is C20H26N2O5S. The number of nitrogens with one attached hydrogen (secondary N) is 1. The molecule has 28 heavy (non-hydrogen) atoms. The zero-order valence-electron chi connectivity index (χ0n) is 15.8. The van der Waals surface area contributed by atoms with E-state index in [9.17, 15) is 13.2 Å². The highest BCUT2D eigenvalue weighted by Gasteiger charge is 2.41. The van der Waals surface area contributed by atoms with E-state index >= 15 is 0 Å². The molecule has 1 aromatic rings. The number of piperidine rings is 1. The smallest absolute Gasteiger partial charge is 0.244 e. The second-order valence-corrected chi connectivity index (χ2v) is 9.75. The van der Waals surface area contributed by atoms with Gasteiger partial charge in [0, 0.05) is 12.1 Å². The summed E-state index contributed by atoms with van der Waals surface area (Å²) >= 11 is 0. The first kappa shape index (κ1) is 19.3. The van der Waals surface area contributed by atoms with Crippen LogP contribution in [0.15, 0.2) is 24.3 Å². The number of likely N-dealkylation sites (tertiary alicyclic amines) is 1. The van der Waals surface area contributed by atoms with Crippen molar-refractivity contribution >= 4 is 21.8 Å². The summed E-state index contributed by atoms with van der Waals surface area (Å²) in [6, 6.07) is 5.02. The van der Waals surface area contributed by atoms with E-state index in [1.165, 1.54) is 12.5 Å². The molecule has 0 spiro atoms. The van der Waals surface area contributed by atoms with E-state index in [1.54, 1.807) is 6.08 Å². The minimum Gasteiger partial charge on any atom is -0.486 e. The van der Waals surface area contributed by atoms with Crippen LogP contribution in [0.3, 0.4) is 0 Å². The molecule has 2 saturated heterocycles. The van der Waals surface area contributed by atoms with Crippen LogP contribution in [0.5, 0.6) is 11.5 Å². The number of hydrogen-bond acceptors (Lipinski definition) is 6. The van der Waals surface area contributed by atoms with Crippen LogP contribution in [-0.4, -0.2) is 69.1 Å². The van der Waals surface area contributed by atoms with E-state index < -0.39 is 9.84 Å². The summed E-state index contributed by atoms with van der Waals surface area (Å²) in [5.41, 5.74) is 0.825. The van der Waals surface area contributed by atoms with Gasteiger partial charge in [-0.3, -0.25) is 9.69 Å². The molecule has 7 nitrogen and oxygen atoms in total. The van der Waals surface area contributed by atoms with E-state index in [-0.39, 0.29) is 29.5 Å². The maximum atomic E-state index is 12.4. The van der Waals surface area contributed by atoms with Crippen LogP contribution >= 0.6 is 0 Å². The van der Waals surface area contributed by atoms with Crippen molar-refractivity contribution in [2.45, 2.75) is 31.3 Å². The molecule has 0 saturated carbocycles. The van der Waals surface area contributed by atoms with E-state index in [4.69, 9.17) is 9.47 Å². The van der Waals surface area contributed by atoms with E-state index in [2.05, 4.69) is 10.2 Å². The molecule has 3 aliphatic rings. The lowest BCUT2D eigenvalue weighted by atomic mass is 10.0. The summed E-state index contributed by atoms with van der Waals surface area (Å²) < 4.78 is 35.4. The maximum absolute atomic E-state index is 12.4. The van der Waals surface area contributed by atoms with Crippen molar-refractivity contribution in [2.75, 3.05) is 37.8 Å². The average molecular weight is 407 g/mol. The van der Waals surface area contributed by atoms with Crippen LogP contribution in [0, 0.1) is 0 Å². The number of carbonyl (C=O) groups excluding carboxylic acids is 1. The van der Waals surface area contributed by atoms with Crippen LogP contribution in [0.25, 0.3) is 6.08 Å². The number of hydrogen-bond donors (Lipinski definition) is 1. The van der Waals surface area contributed by atoms with Crippen molar-refractivity contribution in [2.24, 2.45) is 0 Å². The molecule has 1 aromatic carbocycles. The van der Waals surface area contributed by atoms with Crippen LogP contribution in [0.1, 0.15) is 24.8 Å². The molecule has 0 aromatic heterocycles. The molecule has 4 rings (SSSR count). The first-order chi connectivity index (χ1) is 13.5. The molecule has 0 bridgehead atoms. The average Bonchev–Trinajstić information content (AvgIpc) is 3.01. The molecule has 3 aliphatic heterocycles. The number of benzene rings is 1. The number of rotatable bonds is 4. The predicted octanol–water partition coefficient (Wildman–Crippen LogP) is 1.24. The van der Waals surface area contributed by atoms with Gasteiger partial charge in [-0.25, -0.2) is 8.42 Å². The van der Waals surface area contributed by atoms with Gasteiger partial charge in [0.2, 0.25) is 5.91 Å². The molecule has 1 amide bonds. The normalized spacial score (nSPS) is 27.0. The topological polar surface area (TPSA) is 84.9 Å². The second-order valence-electron chi connectivity index (χ2n) is 7.59. The Morgan fingerprint density at radius 3 is 2.61 bits per heavy atom. The Kier molecular flexibility index (Phi) is 5.59. The molecular weight excluding hydrogens is 380 g/mol. The quantitative estimate of drug-likeness (QED) is 0.758. The second kappa shape index (κ2) is 8.13. The Morgan fingerprint density at radius 2 is 1.82 bits per heavy atom. The molecule has 0 aliphatic carbocycles. The van der Waals surface area contributed by atoms with Crippen LogP contribution in [0.2, 0.25) is 0 Å². The van der Waals surface area contributed by atoms with Crippen LogP contribution in [-0.2, 0) is 14.6 Å². The third-order valence-electron chi connectivity index (χ3n) is 5.50. The van der Waals surface area contributed by atoms with Gasteiger partial charge in [0.15, 0.2) is 21.3 Å². The summed E-state index contributed by atoms with van der Waals surface area (Å²) in [7, 11) is -3.13. The molecule has 152 valence electrons. The SMILES string of the molecule is O=C(/C=C/c1ccc2c(c1)OCCO2)NC1CS(=O)(=O)CC1N1CCCCC1. The number of carbonyl (C=O) groups is 1. The van der Waals surface area contributed by atoms with Crippen molar-refractivity contribution in [3.8, 4) is 11.5 Å². The van der Waals surface area contributed by atoms with Crippen molar-refractivity contribution in [3.05, 3.63) is 29.8 Å². The van der Waals surface area contributed by atoms with Gasteiger partial charge in [0.1, 0.15) is 13.2 Å². The van der Waals surface area contributed by atoms with E-state index in [0.717, 1.165) is 31.5 Å². The number of nitrogens with zero attached hydrogens (tertiary/aromatic N) is 1. The fraction of sp³-hybridized carbons (Fsp3) is 0.550. The van der Waals surface area contributed by atoms with Crippen LogP contribution in [0.4, 0.5) is 0 Å². The molecule has 3 heterocycles. The molecule has 2 unspecified atom stereocenters. The summed E-state index contributed by atoms with van der Waals surface area (Å²) in [6.45, 7) is 2.85. The Bertz CT molecular complexity index is 861. The summed E-state index contributed by atoms with van der Waals surface area (Å²) in [5.74, 6) is 1.23. The lowest BCUT2D eigenvalue weighted by molar-refractivity contribution is -0.117. The molecule has 2 fully saturated rings. The monoisotopic (exact) mass is 406 g/mol. The Balaban J connectivity index is 1.41. The fourth-order valence-electron chi connectivity index (χ4n) is 4.14. The highest BCUT2D eigenvalue weighted by Crippen LogP contribution is 2.31. The molecule has 1 N–H and O–H groups in total. The largest absolute Gasteiger partial charge is 0.486 e. The van der Waals surface area contributed by atoms with Crippen molar-refractivity contribution < 1.29 is 22.7 Å². The Morgan fingerprint density at radius 1 is 1.07 bits per heavy atom. The Labute approximate surface area is 165 Å². The van der Waals surface area contributed by atoms with Crippen LogP contribution < -0.4 is 14.8 Å². The zero-order valence-corrected chi connectivity index (χ0v) is 16.6. The van der Waals surface area contributed by atoms with Gasteiger partial charge in [-0.05, 0) is 49.7 Å². The summed E-state index contributed by atoms with van der Waals surface area (Å²) in [4.78, 5) is 14.7. The van der Waals surface area contributed by atoms with Gasteiger partial charge >= 0.3 is 0 Å². The number of amides is 1. The molecule has 0 radical (unpaired) electrons. The predicted molar refractivity (Wildman–Crippen MR) is 106 cm³/mol. The van der Waals surface area contributed by atoms with Crippen molar-refractivity contribution in [3.63, 3.8) is 0 Å². The van der Waals surface area contributed by atoms with Crippen molar-refractivity contribution in [1.82, 2.24) is 10.2 Å². The Hall–Kier alpha value is -2.06. The minimum absolute atomic E-state index is 0.0117. The summed E-state index contributed by atoms with van der Waals surface area (Å²) in [6.07, 6.45) is 6.50. The fourth-order valence-corrected chi connectivity index (χ4v) is 6.10. The first-order valence-corrected chi connectivity index (χ1v) is 11.6. The van der Waals surface area contributed by atoms with E-state index in [0.29, 0.717) is 24.7 Å². The number of ether oxygens (including phenoxy) is 2. The number of sulfone groups is 1. The van der Waals surface area contributed by atoms with Gasteiger partial charge in [-0.1, -0.05) is 12.5 Å². The maximum Gasteiger partial charge on any atom is 0.244 e. The molecule has 8 heteroatoms. The lowest BCUT2D eigenvalue weighted by Crippen LogP contribution is -2.52.